The molecule has 1 aromatic heterocycles. The van der Waals surface area contributed by atoms with Crippen LogP contribution in [-0.2, 0) is 4.79 Å². The van der Waals surface area contributed by atoms with Gasteiger partial charge in [-0.05, 0) is 80.5 Å². The van der Waals surface area contributed by atoms with Gasteiger partial charge in [-0.3, -0.25) is 24.6 Å². The molecule has 3 amide bonds. The molecule has 10 nitrogen and oxygen atoms in total. The van der Waals surface area contributed by atoms with E-state index in [1.165, 1.54) is 48.8 Å². The zero-order chi connectivity index (χ0) is 33.8. The summed E-state index contributed by atoms with van der Waals surface area (Å²) in [6.07, 6.45) is 7.11. The number of aromatic nitrogens is 1. The molecule has 1 saturated carbocycles. The van der Waals surface area contributed by atoms with Crippen molar-refractivity contribution in [2.24, 2.45) is 5.92 Å². The Kier molecular flexibility index (Phi) is 10.9. The number of rotatable bonds is 8. The van der Waals surface area contributed by atoms with E-state index in [1.54, 1.807) is 30.0 Å². The first-order valence-electron chi connectivity index (χ1n) is 17.0. The molecule has 2 aliphatic heterocycles. The second kappa shape index (κ2) is 15.3. The number of carbonyl (C=O) groups excluding carboxylic acids is 3. The molecule has 0 radical (unpaired) electrons. The van der Waals surface area contributed by atoms with Crippen LogP contribution < -0.4 is 15.0 Å². The van der Waals surface area contributed by atoms with Gasteiger partial charge in [0.1, 0.15) is 5.75 Å². The smallest absolute Gasteiger partial charge is 0.257 e. The molecule has 0 bridgehead atoms. The highest BCUT2D eigenvalue weighted by Gasteiger charge is 2.28. The Morgan fingerprint density at radius 1 is 0.917 bits per heavy atom. The van der Waals surface area contributed by atoms with Gasteiger partial charge in [-0.25, -0.2) is 4.98 Å². The van der Waals surface area contributed by atoms with E-state index in [1.807, 2.05) is 43.3 Å². The van der Waals surface area contributed by atoms with Crippen molar-refractivity contribution in [2.75, 3.05) is 69.7 Å². The molecule has 12 heteroatoms. The van der Waals surface area contributed by atoms with E-state index in [-0.39, 0.29) is 17.7 Å². The molecule has 0 atom stereocenters. The zero-order valence-electron chi connectivity index (χ0n) is 28.4. The van der Waals surface area contributed by atoms with Crippen molar-refractivity contribution < 1.29 is 19.1 Å². The maximum Gasteiger partial charge on any atom is 0.257 e. The van der Waals surface area contributed by atoms with E-state index in [0.717, 1.165) is 58.5 Å². The number of aryl methyl sites for hydroxylation is 1. The summed E-state index contributed by atoms with van der Waals surface area (Å²) in [5.41, 5.74) is 3.21. The van der Waals surface area contributed by atoms with Gasteiger partial charge in [-0.1, -0.05) is 30.0 Å². The lowest BCUT2D eigenvalue weighted by Gasteiger charge is -2.42. The fourth-order valence-electron chi connectivity index (χ4n) is 6.92. The molecule has 256 valence electrons. The van der Waals surface area contributed by atoms with Crippen molar-refractivity contribution in [3.8, 4) is 5.75 Å². The average Bonchev–Trinajstić information content (AvgIpc) is 3.55. The number of nitrogens with zero attached hydrogens (tertiary/aromatic N) is 5. The summed E-state index contributed by atoms with van der Waals surface area (Å²) >= 11 is 2.90. The molecule has 0 spiro atoms. The first-order chi connectivity index (χ1) is 23.2. The van der Waals surface area contributed by atoms with Crippen LogP contribution in [0.2, 0.25) is 0 Å². The third kappa shape index (κ3) is 7.98. The number of thiazole rings is 1. The summed E-state index contributed by atoms with van der Waals surface area (Å²) in [6, 6.07) is 12.4. The summed E-state index contributed by atoms with van der Waals surface area (Å²) in [5, 5.41) is 3.47. The Labute approximate surface area is 291 Å². The second-order valence-electron chi connectivity index (χ2n) is 13.1. The van der Waals surface area contributed by atoms with E-state index in [4.69, 9.17) is 4.74 Å². The summed E-state index contributed by atoms with van der Waals surface area (Å²) in [4.78, 5) is 52.3. The lowest BCUT2D eigenvalue weighted by molar-refractivity contribution is -0.130. The third-order valence-electron chi connectivity index (χ3n) is 9.97. The number of hydrogen-bond donors (Lipinski definition) is 1. The number of piperazine rings is 2. The standard InChI is InChI=1S/C36H46N6O4S2/c1-24-5-9-28(10-6-24)40-15-17-41(18-16-40)29-11-7-27(8-12-29)34(44)38-36-37-23-33(48-36)47-32-22-30(31(46-4)21-25(32)2)35(45)42-19-13-39(14-20-42)26(3)43/h7-8,11-12,21-24,28H,5-6,9-10,13-20H2,1-4H3,(H,37,38,44). The molecule has 1 N–H and O–H groups in total. The predicted molar refractivity (Wildman–Crippen MR) is 192 cm³/mol. The van der Waals surface area contributed by atoms with Gasteiger partial charge in [0, 0.05) is 81.5 Å². The number of benzene rings is 2. The van der Waals surface area contributed by atoms with Gasteiger partial charge in [0.05, 0.1) is 23.1 Å². The monoisotopic (exact) mass is 690 g/mol. The van der Waals surface area contributed by atoms with E-state index < -0.39 is 0 Å². The van der Waals surface area contributed by atoms with Gasteiger partial charge in [0.2, 0.25) is 5.91 Å². The van der Waals surface area contributed by atoms with Gasteiger partial charge in [0.15, 0.2) is 5.13 Å². The highest BCUT2D eigenvalue weighted by atomic mass is 32.2. The van der Waals surface area contributed by atoms with Crippen molar-refractivity contribution in [3.63, 3.8) is 0 Å². The topological polar surface area (TPSA) is 98.3 Å². The zero-order valence-corrected chi connectivity index (χ0v) is 30.0. The summed E-state index contributed by atoms with van der Waals surface area (Å²) in [5.74, 6) is 1.11. The quantitative estimate of drug-likeness (QED) is 0.314. The van der Waals surface area contributed by atoms with Crippen LogP contribution in [-0.4, -0.2) is 103 Å². The van der Waals surface area contributed by atoms with Gasteiger partial charge in [0.25, 0.3) is 11.8 Å². The van der Waals surface area contributed by atoms with Crippen molar-refractivity contribution in [1.82, 2.24) is 19.7 Å². The van der Waals surface area contributed by atoms with Crippen LogP contribution in [0.3, 0.4) is 0 Å². The van der Waals surface area contributed by atoms with Crippen LogP contribution in [0.1, 0.15) is 65.8 Å². The highest BCUT2D eigenvalue weighted by molar-refractivity contribution is 8.01. The predicted octanol–water partition coefficient (Wildman–Crippen LogP) is 5.87. The van der Waals surface area contributed by atoms with Crippen molar-refractivity contribution in [3.05, 3.63) is 59.3 Å². The minimum absolute atomic E-state index is 0.0235. The van der Waals surface area contributed by atoms with Crippen molar-refractivity contribution >= 4 is 51.6 Å². The molecule has 2 aromatic carbocycles. The Bertz CT molecular complexity index is 1600. The minimum atomic E-state index is -0.192. The normalized spacial score (nSPS) is 20.5. The largest absolute Gasteiger partial charge is 0.496 e. The molecule has 6 rings (SSSR count). The summed E-state index contributed by atoms with van der Waals surface area (Å²) in [7, 11) is 1.57. The maximum absolute atomic E-state index is 13.5. The van der Waals surface area contributed by atoms with E-state index >= 15 is 0 Å². The molecule has 48 heavy (non-hydrogen) atoms. The molecular weight excluding hydrogens is 645 g/mol. The number of nitrogens with one attached hydrogen (secondary N) is 1. The first-order valence-corrected chi connectivity index (χ1v) is 18.6. The van der Waals surface area contributed by atoms with Crippen molar-refractivity contribution in [1.29, 1.82) is 0 Å². The maximum atomic E-state index is 13.5. The van der Waals surface area contributed by atoms with Crippen LogP contribution in [0.15, 0.2) is 51.7 Å². The molecule has 3 heterocycles. The Morgan fingerprint density at radius 3 is 2.23 bits per heavy atom. The molecule has 2 saturated heterocycles. The van der Waals surface area contributed by atoms with Gasteiger partial charge < -0.3 is 19.4 Å². The Hall–Kier alpha value is -3.61. The fourth-order valence-corrected chi connectivity index (χ4v) is 8.86. The van der Waals surface area contributed by atoms with Gasteiger partial charge >= 0.3 is 0 Å². The Balaban J connectivity index is 1.04. The number of anilines is 2. The number of ether oxygens (including phenoxy) is 1. The molecule has 3 fully saturated rings. The molecule has 0 unspecified atom stereocenters. The number of hydrogen-bond acceptors (Lipinski definition) is 9. The molecule has 3 aliphatic rings. The minimum Gasteiger partial charge on any atom is -0.496 e. The second-order valence-corrected chi connectivity index (χ2v) is 15.5. The summed E-state index contributed by atoms with van der Waals surface area (Å²) in [6.45, 7) is 12.1. The lowest BCUT2D eigenvalue weighted by Crippen LogP contribution is -2.51. The number of amides is 3. The Morgan fingerprint density at radius 2 is 1.58 bits per heavy atom. The van der Waals surface area contributed by atoms with Crippen LogP contribution >= 0.6 is 23.1 Å². The third-order valence-corrected chi connectivity index (χ3v) is 12.1. The number of carbonyl (C=O) groups is 3. The van der Waals surface area contributed by atoms with Gasteiger partial charge in [-0.15, -0.1) is 0 Å². The van der Waals surface area contributed by atoms with E-state index in [2.05, 4.69) is 27.0 Å². The van der Waals surface area contributed by atoms with Crippen LogP contribution in [0.5, 0.6) is 5.75 Å². The summed E-state index contributed by atoms with van der Waals surface area (Å²) < 4.78 is 6.47. The first kappa shape index (κ1) is 34.3. The average molecular weight is 691 g/mol. The SMILES string of the molecule is COc1cc(C)c(Sc2cnc(NC(=O)c3ccc(N4CCN(C5CCC(C)CC5)CC4)cc3)s2)cc1C(=O)N1CCN(C(C)=O)CC1. The van der Waals surface area contributed by atoms with Crippen LogP contribution in [0.4, 0.5) is 10.8 Å². The van der Waals surface area contributed by atoms with E-state index in [9.17, 15) is 14.4 Å². The molecule has 3 aromatic rings. The van der Waals surface area contributed by atoms with Gasteiger partial charge in [-0.2, -0.15) is 0 Å². The molecular formula is C36H46N6O4S2. The highest BCUT2D eigenvalue weighted by Crippen LogP contribution is 2.39. The number of methoxy groups -OCH3 is 1. The lowest BCUT2D eigenvalue weighted by atomic mass is 9.86. The molecule has 1 aliphatic carbocycles. The fraction of sp³-hybridized carbons (Fsp3) is 0.500. The van der Waals surface area contributed by atoms with Crippen molar-refractivity contribution in [2.45, 2.75) is 61.6 Å². The van der Waals surface area contributed by atoms with Crippen LogP contribution in [0.25, 0.3) is 0 Å². The van der Waals surface area contributed by atoms with E-state index in [0.29, 0.717) is 48.2 Å². The van der Waals surface area contributed by atoms with Crippen LogP contribution in [0, 0.1) is 12.8 Å².